The smallest absolute Gasteiger partial charge is 0.307 e. The first kappa shape index (κ1) is 13.9. The van der Waals surface area contributed by atoms with Crippen LogP contribution in [-0.4, -0.2) is 34.5 Å². The van der Waals surface area contributed by atoms with Crippen LogP contribution >= 0.6 is 0 Å². The summed E-state index contributed by atoms with van der Waals surface area (Å²) >= 11 is 0. The Hall–Kier alpha value is -1.06. The van der Waals surface area contributed by atoms with Crippen molar-refractivity contribution in [1.82, 2.24) is 4.90 Å². The second-order valence-corrected chi connectivity index (χ2v) is 6.77. The summed E-state index contributed by atoms with van der Waals surface area (Å²) in [6.07, 6.45) is 9.57. The Morgan fingerprint density at radius 3 is 2.35 bits per heavy atom. The number of hydrogen-bond donors (Lipinski definition) is 1. The fourth-order valence-electron chi connectivity index (χ4n) is 4.66. The molecule has 3 fully saturated rings. The molecule has 0 spiro atoms. The maximum atomic E-state index is 12.8. The molecular weight excluding hydrogens is 254 g/mol. The lowest BCUT2D eigenvalue weighted by molar-refractivity contribution is -0.152. The molecule has 0 radical (unpaired) electrons. The van der Waals surface area contributed by atoms with Crippen LogP contribution in [0, 0.1) is 17.8 Å². The fourth-order valence-corrected chi connectivity index (χ4v) is 4.66. The van der Waals surface area contributed by atoms with Crippen LogP contribution in [0.3, 0.4) is 0 Å². The Balaban J connectivity index is 1.73. The highest BCUT2D eigenvalue weighted by Gasteiger charge is 2.43. The highest BCUT2D eigenvalue weighted by Crippen LogP contribution is 2.39. The molecule has 1 heterocycles. The van der Waals surface area contributed by atoms with Crippen molar-refractivity contribution in [2.45, 2.75) is 63.8 Å². The average molecular weight is 279 g/mol. The Morgan fingerprint density at radius 1 is 0.850 bits per heavy atom. The zero-order valence-electron chi connectivity index (χ0n) is 12.1. The van der Waals surface area contributed by atoms with Crippen molar-refractivity contribution >= 4 is 11.9 Å². The number of carbonyl (C=O) groups excluding carboxylic acids is 1. The lowest BCUT2D eigenvalue weighted by Crippen LogP contribution is -2.52. The number of rotatable bonds is 2. The Morgan fingerprint density at radius 2 is 1.55 bits per heavy atom. The molecule has 4 nitrogen and oxygen atoms in total. The van der Waals surface area contributed by atoms with E-state index in [0.717, 1.165) is 32.2 Å². The van der Waals surface area contributed by atoms with E-state index in [9.17, 15) is 14.7 Å². The summed E-state index contributed by atoms with van der Waals surface area (Å²) in [5.41, 5.74) is 0. The predicted molar refractivity (Wildman–Crippen MR) is 75.2 cm³/mol. The summed E-state index contributed by atoms with van der Waals surface area (Å²) in [6, 6.07) is 0.403. The SMILES string of the molecule is O=C(O)C1CCCC1C(=O)N1CCC[C@H]2CCCC[C@H]21. The molecule has 1 saturated heterocycles. The van der Waals surface area contributed by atoms with E-state index in [4.69, 9.17) is 0 Å². The van der Waals surface area contributed by atoms with Gasteiger partial charge in [0.1, 0.15) is 0 Å². The summed E-state index contributed by atoms with van der Waals surface area (Å²) in [7, 11) is 0. The number of hydrogen-bond acceptors (Lipinski definition) is 2. The molecule has 2 unspecified atom stereocenters. The summed E-state index contributed by atoms with van der Waals surface area (Å²) in [5, 5.41) is 9.29. The summed E-state index contributed by atoms with van der Waals surface area (Å²) in [6.45, 7) is 0.850. The van der Waals surface area contributed by atoms with E-state index in [2.05, 4.69) is 4.90 Å². The van der Waals surface area contributed by atoms with Crippen LogP contribution in [0.15, 0.2) is 0 Å². The number of amides is 1. The van der Waals surface area contributed by atoms with Gasteiger partial charge in [0.05, 0.1) is 11.8 Å². The van der Waals surface area contributed by atoms with Crippen LogP contribution in [0.2, 0.25) is 0 Å². The Labute approximate surface area is 120 Å². The number of carboxylic acid groups (broad SMARTS) is 1. The Bertz CT molecular complexity index is 393. The van der Waals surface area contributed by atoms with Crippen molar-refractivity contribution < 1.29 is 14.7 Å². The topological polar surface area (TPSA) is 57.6 Å². The van der Waals surface area contributed by atoms with E-state index in [0.29, 0.717) is 18.4 Å². The lowest BCUT2D eigenvalue weighted by atomic mass is 9.77. The number of likely N-dealkylation sites (tertiary alicyclic amines) is 1. The molecule has 112 valence electrons. The van der Waals surface area contributed by atoms with Gasteiger partial charge >= 0.3 is 5.97 Å². The zero-order chi connectivity index (χ0) is 14.1. The monoisotopic (exact) mass is 279 g/mol. The summed E-state index contributed by atoms with van der Waals surface area (Å²) in [5.74, 6) is -0.657. The maximum absolute atomic E-state index is 12.8. The van der Waals surface area contributed by atoms with Gasteiger partial charge < -0.3 is 10.0 Å². The van der Waals surface area contributed by atoms with Crippen molar-refractivity contribution in [1.29, 1.82) is 0 Å². The first-order valence-electron chi connectivity index (χ1n) is 8.22. The van der Waals surface area contributed by atoms with Crippen molar-refractivity contribution in [3.8, 4) is 0 Å². The highest BCUT2D eigenvalue weighted by atomic mass is 16.4. The lowest BCUT2D eigenvalue weighted by Gasteiger charge is -2.45. The first-order chi connectivity index (χ1) is 9.68. The van der Waals surface area contributed by atoms with Gasteiger partial charge in [0.2, 0.25) is 5.91 Å². The number of carbonyl (C=O) groups is 2. The minimum Gasteiger partial charge on any atom is -0.481 e. The molecule has 3 rings (SSSR count). The fraction of sp³-hybridized carbons (Fsp3) is 0.875. The summed E-state index contributed by atoms with van der Waals surface area (Å²) in [4.78, 5) is 26.2. The van der Waals surface area contributed by atoms with E-state index in [-0.39, 0.29) is 11.8 Å². The number of fused-ring (bicyclic) bond motifs is 1. The van der Waals surface area contributed by atoms with Gasteiger partial charge in [-0.15, -0.1) is 0 Å². The molecule has 3 aliphatic rings. The van der Waals surface area contributed by atoms with E-state index in [1.54, 1.807) is 0 Å². The molecule has 2 saturated carbocycles. The largest absolute Gasteiger partial charge is 0.481 e. The zero-order valence-corrected chi connectivity index (χ0v) is 12.1. The number of nitrogens with zero attached hydrogens (tertiary/aromatic N) is 1. The molecule has 4 atom stereocenters. The van der Waals surface area contributed by atoms with Gasteiger partial charge in [-0.1, -0.05) is 19.3 Å². The number of aliphatic carboxylic acids is 1. The summed E-state index contributed by atoms with van der Waals surface area (Å²) < 4.78 is 0. The standard InChI is InChI=1S/C16H25NO3/c18-15(12-7-3-8-13(12)16(19)20)17-10-4-6-11-5-1-2-9-14(11)17/h11-14H,1-10H2,(H,19,20)/t11-,12?,13?,14-/m1/s1. The van der Waals surface area contributed by atoms with Gasteiger partial charge in [0.15, 0.2) is 0 Å². The van der Waals surface area contributed by atoms with Crippen LogP contribution in [0.4, 0.5) is 0 Å². The van der Waals surface area contributed by atoms with Crippen LogP contribution in [0.25, 0.3) is 0 Å². The van der Waals surface area contributed by atoms with Crippen LogP contribution in [-0.2, 0) is 9.59 Å². The third-order valence-electron chi connectivity index (χ3n) is 5.68. The van der Waals surface area contributed by atoms with Crippen molar-refractivity contribution in [3.63, 3.8) is 0 Å². The van der Waals surface area contributed by atoms with Gasteiger partial charge in [-0.3, -0.25) is 9.59 Å². The van der Waals surface area contributed by atoms with E-state index < -0.39 is 11.9 Å². The van der Waals surface area contributed by atoms with Gasteiger partial charge in [-0.05, 0) is 44.4 Å². The molecule has 0 aromatic heterocycles. The molecular formula is C16H25NO3. The molecule has 1 N–H and O–H groups in total. The van der Waals surface area contributed by atoms with Gasteiger partial charge in [0, 0.05) is 12.6 Å². The van der Waals surface area contributed by atoms with E-state index in [1.807, 2.05) is 0 Å². The molecule has 0 aromatic carbocycles. The second kappa shape index (κ2) is 5.74. The Kier molecular flexibility index (Phi) is 3.99. The van der Waals surface area contributed by atoms with Crippen LogP contribution in [0.5, 0.6) is 0 Å². The first-order valence-corrected chi connectivity index (χ1v) is 8.22. The molecule has 0 bridgehead atoms. The molecule has 0 aromatic rings. The van der Waals surface area contributed by atoms with Gasteiger partial charge in [-0.2, -0.15) is 0 Å². The van der Waals surface area contributed by atoms with Gasteiger partial charge in [-0.25, -0.2) is 0 Å². The van der Waals surface area contributed by atoms with Gasteiger partial charge in [0.25, 0.3) is 0 Å². The van der Waals surface area contributed by atoms with Crippen molar-refractivity contribution in [3.05, 3.63) is 0 Å². The van der Waals surface area contributed by atoms with Crippen molar-refractivity contribution in [2.75, 3.05) is 6.54 Å². The average Bonchev–Trinajstić information content (AvgIpc) is 2.95. The molecule has 1 aliphatic heterocycles. The minimum absolute atomic E-state index is 0.145. The second-order valence-electron chi connectivity index (χ2n) is 6.77. The predicted octanol–water partition coefficient (Wildman–Crippen LogP) is 2.67. The molecule has 20 heavy (non-hydrogen) atoms. The minimum atomic E-state index is -0.780. The normalized spacial score (nSPS) is 37.5. The van der Waals surface area contributed by atoms with Crippen LogP contribution < -0.4 is 0 Å². The molecule has 1 amide bonds. The third kappa shape index (κ3) is 2.45. The van der Waals surface area contributed by atoms with E-state index in [1.165, 1.54) is 25.7 Å². The van der Waals surface area contributed by atoms with Crippen LogP contribution in [0.1, 0.15) is 57.8 Å². The highest BCUT2D eigenvalue weighted by molar-refractivity contribution is 5.85. The maximum Gasteiger partial charge on any atom is 0.307 e. The third-order valence-corrected chi connectivity index (χ3v) is 5.68. The van der Waals surface area contributed by atoms with Crippen molar-refractivity contribution in [2.24, 2.45) is 17.8 Å². The number of piperidine rings is 1. The van der Waals surface area contributed by atoms with E-state index >= 15 is 0 Å². The molecule has 4 heteroatoms. The number of carboxylic acids is 1. The quantitative estimate of drug-likeness (QED) is 0.845. The molecule has 2 aliphatic carbocycles.